The molecule has 0 saturated heterocycles. The molecule has 1 aliphatic heterocycles. The molecule has 158 valence electrons. The highest BCUT2D eigenvalue weighted by molar-refractivity contribution is 7.17. The van der Waals surface area contributed by atoms with Gasteiger partial charge >= 0.3 is 0 Å². The summed E-state index contributed by atoms with van der Waals surface area (Å²) in [6.07, 6.45) is 0. The Morgan fingerprint density at radius 3 is 2.19 bits per heavy atom. The smallest absolute Gasteiger partial charge is 0.296 e. The van der Waals surface area contributed by atoms with Crippen molar-refractivity contribution in [2.24, 2.45) is 0 Å². The molecule has 1 aromatic carbocycles. The van der Waals surface area contributed by atoms with Gasteiger partial charge in [0.15, 0.2) is 16.7 Å². The molecule has 0 saturated carbocycles. The van der Waals surface area contributed by atoms with Crippen LogP contribution < -0.4 is 4.90 Å². The second-order valence-electron chi connectivity index (χ2n) is 7.19. The molecule has 7 nitrogen and oxygen atoms in total. The Hall–Kier alpha value is -3.17. The van der Waals surface area contributed by atoms with Gasteiger partial charge in [-0.3, -0.25) is 19.3 Å². The highest BCUT2D eigenvalue weighted by atomic mass is 32.1. The van der Waals surface area contributed by atoms with Gasteiger partial charge in [-0.25, -0.2) is 9.97 Å². The number of Topliss-reactive ketones (excluding diaryl/α,β-unsaturated/α-hetero) is 2. The fraction of sp³-hybridized carbons (Fsp3) is 0.227. The van der Waals surface area contributed by atoms with E-state index in [4.69, 9.17) is 0 Å². The van der Waals surface area contributed by atoms with Crippen molar-refractivity contribution in [2.75, 3.05) is 4.90 Å². The standard InChI is InChI=1S/C22H19N3O4S2/c1-10-19(12(3)26)31-22(24-10)25-16(14-8-6-5-7-9-14)15(18(28)21(25)29)17(27)20-11(2)23-13(4)30-20/h5-9,16,28H,1-4H3. The molecule has 31 heavy (non-hydrogen) atoms. The third-order valence-electron chi connectivity index (χ3n) is 4.99. The molecular formula is C22H19N3O4S2. The highest BCUT2D eigenvalue weighted by Gasteiger charge is 2.46. The van der Waals surface area contributed by atoms with Crippen LogP contribution in [0, 0.1) is 20.8 Å². The van der Waals surface area contributed by atoms with Crippen LogP contribution in [0.5, 0.6) is 0 Å². The summed E-state index contributed by atoms with van der Waals surface area (Å²) in [5.41, 5.74) is 1.69. The first-order valence-electron chi connectivity index (χ1n) is 9.49. The van der Waals surface area contributed by atoms with E-state index in [2.05, 4.69) is 9.97 Å². The number of carbonyl (C=O) groups is 3. The summed E-state index contributed by atoms with van der Waals surface area (Å²) < 4.78 is 0. The molecule has 0 fully saturated rings. The predicted octanol–water partition coefficient (Wildman–Crippen LogP) is 4.51. The number of aryl methyl sites for hydroxylation is 3. The molecule has 3 aromatic rings. The minimum Gasteiger partial charge on any atom is -0.503 e. The first-order valence-corrected chi connectivity index (χ1v) is 11.1. The van der Waals surface area contributed by atoms with E-state index >= 15 is 0 Å². The Labute approximate surface area is 186 Å². The zero-order valence-corrected chi connectivity index (χ0v) is 18.9. The summed E-state index contributed by atoms with van der Waals surface area (Å²) in [5, 5.41) is 11.8. The van der Waals surface area contributed by atoms with Crippen LogP contribution in [0.15, 0.2) is 41.7 Å². The van der Waals surface area contributed by atoms with Gasteiger partial charge in [0, 0.05) is 6.92 Å². The third-order valence-corrected chi connectivity index (χ3v) is 7.32. The average molecular weight is 454 g/mol. The Balaban J connectivity index is 1.89. The molecule has 0 spiro atoms. The van der Waals surface area contributed by atoms with Crippen LogP contribution in [0.2, 0.25) is 0 Å². The second kappa shape index (κ2) is 7.82. The van der Waals surface area contributed by atoms with Gasteiger partial charge in [-0.1, -0.05) is 41.7 Å². The number of hydrogen-bond donors (Lipinski definition) is 1. The zero-order valence-electron chi connectivity index (χ0n) is 17.3. The third kappa shape index (κ3) is 3.49. The van der Waals surface area contributed by atoms with Crippen molar-refractivity contribution in [3.8, 4) is 0 Å². The minimum absolute atomic E-state index is 0.0137. The molecule has 4 rings (SSSR count). The van der Waals surface area contributed by atoms with Crippen LogP contribution >= 0.6 is 22.7 Å². The molecular weight excluding hydrogens is 434 g/mol. The summed E-state index contributed by atoms with van der Waals surface area (Å²) in [7, 11) is 0. The summed E-state index contributed by atoms with van der Waals surface area (Å²) in [4.78, 5) is 49.4. The minimum atomic E-state index is -0.867. The molecule has 0 bridgehead atoms. The number of aliphatic hydroxyl groups excluding tert-OH is 1. The number of thiazole rings is 2. The summed E-state index contributed by atoms with van der Waals surface area (Å²) in [5.74, 6) is -1.93. The maximum Gasteiger partial charge on any atom is 0.296 e. The highest BCUT2D eigenvalue weighted by Crippen LogP contribution is 2.44. The van der Waals surface area contributed by atoms with Crippen LogP contribution in [-0.4, -0.2) is 32.5 Å². The van der Waals surface area contributed by atoms with E-state index < -0.39 is 23.5 Å². The van der Waals surface area contributed by atoms with Gasteiger partial charge < -0.3 is 5.11 Å². The Morgan fingerprint density at radius 2 is 1.65 bits per heavy atom. The first-order chi connectivity index (χ1) is 14.7. The fourth-order valence-electron chi connectivity index (χ4n) is 3.66. The van der Waals surface area contributed by atoms with E-state index in [1.807, 2.05) is 6.07 Å². The fourth-order valence-corrected chi connectivity index (χ4v) is 5.52. The lowest BCUT2D eigenvalue weighted by atomic mass is 9.95. The SMILES string of the molecule is CC(=O)c1sc(N2C(=O)C(O)=C(C(=O)c3sc(C)nc3C)C2c2ccccc2)nc1C. The number of aliphatic hydroxyl groups is 1. The topological polar surface area (TPSA) is 100 Å². The van der Waals surface area contributed by atoms with Gasteiger partial charge in [0.2, 0.25) is 5.78 Å². The molecule has 1 atom stereocenters. The van der Waals surface area contributed by atoms with Crippen LogP contribution in [0.3, 0.4) is 0 Å². The van der Waals surface area contributed by atoms with E-state index in [0.29, 0.717) is 26.7 Å². The van der Waals surface area contributed by atoms with Crippen molar-refractivity contribution >= 4 is 45.3 Å². The van der Waals surface area contributed by atoms with Gasteiger partial charge in [0.25, 0.3) is 5.91 Å². The normalized spacial score (nSPS) is 16.3. The van der Waals surface area contributed by atoms with Crippen molar-refractivity contribution in [1.29, 1.82) is 0 Å². The summed E-state index contributed by atoms with van der Waals surface area (Å²) >= 11 is 2.30. The predicted molar refractivity (Wildman–Crippen MR) is 119 cm³/mol. The Bertz CT molecular complexity index is 1260. The van der Waals surface area contributed by atoms with Crippen molar-refractivity contribution < 1.29 is 19.5 Å². The van der Waals surface area contributed by atoms with E-state index in [0.717, 1.165) is 16.3 Å². The van der Waals surface area contributed by atoms with Gasteiger partial charge in [0.05, 0.1) is 37.8 Å². The Morgan fingerprint density at radius 1 is 1.00 bits per heavy atom. The van der Waals surface area contributed by atoms with E-state index in [1.165, 1.54) is 23.2 Å². The maximum atomic E-state index is 13.5. The quantitative estimate of drug-likeness (QED) is 0.571. The Kier molecular flexibility index (Phi) is 5.32. The molecule has 0 radical (unpaired) electrons. The molecule has 2 aromatic heterocycles. The number of anilines is 1. The summed E-state index contributed by atoms with van der Waals surface area (Å²) in [6.45, 7) is 6.65. The molecule has 1 amide bonds. The number of aromatic nitrogens is 2. The van der Waals surface area contributed by atoms with E-state index in [-0.39, 0.29) is 16.5 Å². The number of benzene rings is 1. The van der Waals surface area contributed by atoms with Crippen LogP contribution in [0.4, 0.5) is 5.13 Å². The van der Waals surface area contributed by atoms with Gasteiger partial charge in [-0.05, 0) is 26.3 Å². The molecule has 1 aliphatic rings. The lowest BCUT2D eigenvalue weighted by Gasteiger charge is -2.24. The van der Waals surface area contributed by atoms with E-state index in [9.17, 15) is 19.5 Å². The number of hydrogen-bond acceptors (Lipinski definition) is 8. The number of amides is 1. The lowest BCUT2D eigenvalue weighted by molar-refractivity contribution is -0.117. The van der Waals surface area contributed by atoms with E-state index in [1.54, 1.807) is 45.0 Å². The van der Waals surface area contributed by atoms with Crippen molar-refractivity contribution in [1.82, 2.24) is 9.97 Å². The van der Waals surface area contributed by atoms with Gasteiger partial charge in [0.1, 0.15) is 0 Å². The maximum absolute atomic E-state index is 13.5. The van der Waals surface area contributed by atoms with Crippen LogP contribution in [0.1, 0.15) is 54.3 Å². The van der Waals surface area contributed by atoms with Crippen LogP contribution in [-0.2, 0) is 4.79 Å². The van der Waals surface area contributed by atoms with Gasteiger partial charge in [-0.2, -0.15) is 0 Å². The van der Waals surface area contributed by atoms with Gasteiger partial charge in [-0.15, -0.1) is 11.3 Å². The van der Waals surface area contributed by atoms with Crippen molar-refractivity contribution in [2.45, 2.75) is 33.7 Å². The lowest BCUT2D eigenvalue weighted by Crippen LogP contribution is -2.31. The number of rotatable bonds is 5. The van der Waals surface area contributed by atoms with Crippen molar-refractivity contribution in [3.63, 3.8) is 0 Å². The molecule has 3 heterocycles. The molecule has 1 N–H and O–H groups in total. The number of carbonyl (C=O) groups excluding carboxylic acids is 3. The van der Waals surface area contributed by atoms with Crippen LogP contribution in [0.25, 0.3) is 0 Å². The molecule has 1 unspecified atom stereocenters. The summed E-state index contributed by atoms with van der Waals surface area (Å²) in [6, 6.07) is 8.13. The number of nitrogens with zero attached hydrogens (tertiary/aromatic N) is 3. The second-order valence-corrected chi connectivity index (χ2v) is 9.38. The number of ketones is 2. The first kappa shape index (κ1) is 21.1. The van der Waals surface area contributed by atoms with Crippen molar-refractivity contribution in [3.05, 3.63) is 73.4 Å². The molecule has 9 heteroatoms. The molecule has 0 aliphatic carbocycles. The monoisotopic (exact) mass is 453 g/mol. The average Bonchev–Trinajstić information content (AvgIpc) is 3.36. The zero-order chi connectivity index (χ0) is 22.4. The largest absolute Gasteiger partial charge is 0.503 e.